The number of benzene rings is 1. The third-order valence-electron chi connectivity index (χ3n) is 4.69. The predicted octanol–water partition coefficient (Wildman–Crippen LogP) is 3.60. The second-order valence-corrected chi connectivity index (χ2v) is 7.50. The smallest absolute Gasteiger partial charge is 0.233 e. The van der Waals surface area contributed by atoms with E-state index < -0.39 is 0 Å². The number of hydrogen-bond acceptors (Lipinski definition) is 4. The quantitative estimate of drug-likeness (QED) is 0.780. The molecule has 1 amide bonds. The van der Waals surface area contributed by atoms with Gasteiger partial charge in [-0.05, 0) is 64.3 Å². The maximum absolute atomic E-state index is 13.2. The van der Waals surface area contributed by atoms with Gasteiger partial charge < -0.3 is 4.90 Å². The average Bonchev–Trinajstić information content (AvgIpc) is 2.94. The van der Waals surface area contributed by atoms with Gasteiger partial charge in [-0.2, -0.15) is 0 Å². The molecule has 3 rings (SSSR count). The Morgan fingerprint density at radius 1 is 1.20 bits per heavy atom. The summed E-state index contributed by atoms with van der Waals surface area (Å²) in [6, 6.07) is 6.76. The van der Waals surface area contributed by atoms with E-state index in [-0.39, 0.29) is 23.8 Å². The van der Waals surface area contributed by atoms with E-state index in [0.29, 0.717) is 16.7 Å². The Labute approximate surface area is 151 Å². The summed E-state index contributed by atoms with van der Waals surface area (Å²) >= 11 is 1.38. The Hall–Kier alpha value is -1.89. The molecule has 1 fully saturated rings. The molecular formula is C18H23FN4OS. The van der Waals surface area contributed by atoms with E-state index in [1.165, 1.54) is 30.3 Å². The summed E-state index contributed by atoms with van der Waals surface area (Å²) in [6.07, 6.45) is 3.30. The van der Waals surface area contributed by atoms with Gasteiger partial charge >= 0.3 is 0 Å². The lowest BCUT2D eigenvalue weighted by Gasteiger charge is -2.39. The standard InChI is InChI=1S/C18H23FN4OS/c1-12-5-4-6-13(2)22(12)17(24)11-25-18-21-20-14(3)23(18)16-9-7-15(19)8-10-16/h7-10,12-13H,4-6,11H2,1-3H3. The highest BCUT2D eigenvalue weighted by Gasteiger charge is 2.29. The monoisotopic (exact) mass is 362 g/mol. The van der Waals surface area contributed by atoms with Crippen LogP contribution in [0, 0.1) is 12.7 Å². The number of thioether (sulfide) groups is 1. The number of carbonyl (C=O) groups is 1. The summed E-state index contributed by atoms with van der Waals surface area (Å²) < 4.78 is 15.0. The van der Waals surface area contributed by atoms with Crippen molar-refractivity contribution in [2.24, 2.45) is 0 Å². The van der Waals surface area contributed by atoms with Crippen LogP contribution in [-0.2, 0) is 4.79 Å². The lowest BCUT2D eigenvalue weighted by atomic mass is 9.98. The third-order valence-corrected chi connectivity index (χ3v) is 5.60. The van der Waals surface area contributed by atoms with Crippen molar-refractivity contribution in [2.75, 3.05) is 5.75 Å². The van der Waals surface area contributed by atoms with Crippen molar-refractivity contribution in [1.29, 1.82) is 0 Å². The second-order valence-electron chi connectivity index (χ2n) is 6.56. The highest BCUT2D eigenvalue weighted by Crippen LogP contribution is 2.26. The Morgan fingerprint density at radius 3 is 2.48 bits per heavy atom. The van der Waals surface area contributed by atoms with Crippen LogP contribution in [0.15, 0.2) is 29.4 Å². The van der Waals surface area contributed by atoms with E-state index >= 15 is 0 Å². The zero-order chi connectivity index (χ0) is 18.0. The summed E-state index contributed by atoms with van der Waals surface area (Å²) in [6.45, 7) is 6.07. The van der Waals surface area contributed by atoms with Gasteiger partial charge in [-0.15, -0.1) is 10.2 Å². The van der Waals surface area contributed by atoms with Crippen molar-refractivity contribution in [3.8, 4) is 5.69 Å². The number of nitrogens with zero attached hydrogens (tertiary/aromatic N) is 4. The molecule has 1 aromatic heterocycles. The molecule has 0 aliphatic carbocycles. The van der Waals surface area contributed by atoms with Crippen LogP contribution in [0.1, 0.15) is 38.9 Å². The highest BCUT2D eigenvalue weighted by atomic mass is 32.2. The zero-order valence-corrected chi connectivity index (χ0v) is 15.6. The Bertz CT molecular complexity index is 736. The molecule has 0 radical (unpaired) electrons. The lowest BCUT2D eigenvalue weighted by molar-refractivity contribution is -0.134. The molecule has 25 heavy (non-hydrogen) atoms. The summed E-state index contributed by atoms with van der Waals surface area (Å²) in [5.41, 5.74) is 0.790. The number of carbonyl (C=O) groups excluding carboxylic acids is 1. The van der Waals surface area contributed by atoms with Crippen LogP contribution in [-0.4, -0.2) is 43.4 Å². The first-order valence-electron chi connectivity index (χ1n) is 8.59. The van der Waals surface area contributed by atoms with Gasteiger partial charge in [-0.25, -0.2) is 4.39 Å². The van der Waals surface area contributed by atoms with Crippen LogP contribution in [0.3, 0.4) is 0 Å². The molecule has 2 aromatic rings. The number of amides is 1. The van der Waals surface area contributed by atoms with Crippen LogP contribution in [0.2, 0.25) is 0 Å². The first-order chi connectivity index (χ1) is 12.0. The minimum atomic E-state index is -0.285. The number of piperidine rings is 1. The van der Waals surface area contributed by atoms with Crippen molar-refractivity contribution < 1.29 is 9.18 Å². The fourth-order valence-corrected chi connectivity index (χ4v) is 4.30. The van der Waals surface area contributed by atoms with Gasteiger partial charge in [-0.3, -0.25) is 9.36 Å². The summed E-state index contributed by atoms with van der Waals surface area (Å²) in [4.78, 5) is 14.7. The third kappa shape index (κ3) is 3.86. The van der Waals surface area contributed by atoms with Crippen LogP contribution in [0.5, 0.6) is 0 Å². The molecule has 2 heterocycles. The molecule has 0 bridgehead atoms. The summed E-state index contributed by atoms with van der Waals surface area (Å²) in [7, 11) is 0. The molecule has 5 nitrogen and oxygen atoms in total. The molecule has 1 aromatic carbocycles. The predicted molar refractivity (Wildman–Crippen MR) is 96.4 cm³/mol. The number of halogens is 1. The highest BCUT2D eigenvalue weighted by molar-refractivity contribution is 7.99. The second kappa shape index (κ2) is 7.56. The van der Waals surface area contributed by atoms with E-state index in [0.717, 1.165) is 18.5 Å². The number of likely N-dealkylation sites (tertiary alicyclic amines) is 1. The van der Waals surface area contributed by atoms with Gasteiger partial charge in [0.05, 0.1) is 5.75 Å². The zero-order valence-electron chi connectivity index (χ0n) is 14.8. The Kier molecular flexibility index (Phi) is 5.42. The average molecular weight is 362 g/mol. The number of rotatable bonds is 4. The largest absolute Gasteiger partial charge is 0.337 e. The molecule has 1 aliphatic rings. The minimum absolute atomic E-state index is 0.135. The molecule has 0 N–H and O–H groups in total. The van der Waals surface area contributed by atoms with E-state index in [1.807, 2.05) is 16.4 Å². The summed E-state index contributed by atoms with van der Waals surface area (Å²) in [5.74, 6) is 0.887. The minimum Gasteiger partial charge on any atom is -0.337 e. The fraction of sp³-hybridized carbons (Fsp3) is 0.500. The maximum Gasteiger partial charge on any atom is 0.233 e. The van der Waals surface area contributed by atoms with Crippen molar-refractivity contribution in [3.63, 3.8) is 0 Å². The van der Waals surface area contributed by atoms with E-state index in [2.05, 4.69) is 24.0 Å². The van der Waals surface area contributed by atoms with E-state index in [1.54, 1.807) is 12.1 Å². The molecular weight excluding hydrogens is 339 g/mol. The van der Waals surface area contributed by atoms with Crippen LogP contribution in [0.4, 0.5) is 4.39 Å². The molecule has 0 saturated carbocycles. The first kappa shape index (κ1) is 17.9. The molecule has 7 heteroatoms. The van der Waals surface area contributed by atoms with Crippen LogP contribution >= 0.6 is 11.8 Å². The van der Waals surface area contributed by atoms with Gasteiger partial charge in [-0.1, -0.05) is 11.8 Å². The lowest BCUT2D eigenvalue weighted by Crippen LogP contribution is -2.48. The topological polar surface area (TPSA) is 51.0 Å². The molecule has 1 saturated heterocycles. The van der Waals surface area contributed by atoms with Gasteiger partial charge in [0.1, 0.15) is 11.6 Å². The van der Waals surface area contributed by atoms with Crippen molar-refractivity contribution in [3.05, 3.63) is 35.9 Å². The molecule has 2 unspecified atom stereocenters. The molecule has 2 atom stereocenters. The SMILES string of the molecule is Cc1nnc(SCC(=O)N2C(C)CCCC2C)n1-c1ccc(F)cc1. The normalized spacial score (nSPS) is 20.7. The van der Waals surface area contributed by atoms with E-state index in [9.17, 15) is 9.18 Å². The number of hydrogen-bond donors (Lipinski definition) is 0. The van der Waals surface area contributed by atoms with Gasteiger partial charge in [0.15, 0.2) is 5.16 Å². The maximum atomic E-state index is 13.2. The van der Waals surface area contributed by atoms with Crippen molar-refractivity contribution in [1.82, 2.24) is 19.7 Å². The van der Waals surface area contributed by atoms with Crippen LogP contribution < -0.4 is 0 Å². The van der Waals surface area contributed by atoms with Crippen molar-refractivity contribution >= 4 is 17.7 Å². The first-order valence-corrected chi connectivity index (χ1v) is 9.58. The van der Waals surface area contributed by atoms with Crippen molar-refractivity contribution in [2.45, 2.75) is 57.3 Å². The van der Waals surface area contributed by atoms with Gasteiger partial charge in [0.2, 0.25) is 5.91 Å². The number of aromatic nitrogens is 3. The van der Waals surface area contributed by atoms with E-state index in [4.69, 9.17) is 0 Å². The van der Waals surface area contributed by atoms with Gasteiger partial charge in [0.25, 0.3) is 0 Å². The Morgan fingerprint density at radius 2 is 1.84 bits per heavy atom. The van der Waals surface area contributed by atoms with Gasteiger partial charge in [0, 0.05) is 17.8 Å². The molecule has 1 aliphatic heterocycles. The molecule has 134 valence electrons. The Balaban J connectivity index is 1.74. The van der Waals surface area contributed by atoms with Crippen LogP contribution in [0.25, 0.3) is 5.69 Å². The fourth-order valence-electron chi connectivity index (χ4n) is 3.44. The number of aryl methyl sites for hydroxylation is 1. The summed E-state index contributed by atoms with van der Waals surface area (Å²) in [5, 5.41) is 8.94. The molecule has 0 spiro atoms.